The number of carbonyl (C=O) groups excluding carboxylic acids is 2. The molecule has 2 amide bonds. The van der Waals surface area contributed by atoms with E-state index in [0.717, 1.165) is 16.7 Å². The number of hydrogen-bond acceptors (Lipinski definition) is 3. The lowest BCUT2D eigenvalue weighted by Gasteiger charge is -2.24. The fourth-order valence-electron chi connectivity index (χ4n) is 3.60. The van der Waals surface area contributed by atoms with Crippen LogP contribution >= 0.6 is 11.6 Å². The van der Waals surface area contributed by atoms with E-state index in [4.69, 9.17) is 16.3 Å². The third-order valence-electron chi connectivity index (χ3n) is 5.19. The summed E-state index contributed by atoms with van der Waals surface area (Å²) in [5.74, 6) is -0.552. The number of carbonyl (C=O) groups is 2. The molecule has 1 saturated heterocycles. The molecule has 5 heteroatoms. The molecule has 1 aliphatic rings. The highest BCUT2D eigenvalue weighted by atomic mass is 35.5. The van der Waals surface area contributed by atoms with Gasteiger partial charge in [-0.25, -0.2) is 9.69 Å². The third-order valence-corrected chi connectivity index (χ3v) is 5.44. The zero-order valence-corrected chi connectivity index (χ0v) is 17.7. The topological polar surface area (TPSA) is 46.6 Å². The molecule has 0 bridgehead atoms. The lowest BCUT2D eigenvalue weighted by atomic mass is 9.93. The second kappa shape index (κ2) is 9.27. The average Bonchev–Trinajstić information content (AvgIpc) is 3.00. The van der Waals surface area contributed by atoms with Crippen molar-refractivity contribution in [2.75, 3.05) is 0 Å². The molecule has 0 aromatic heterocycles. The number of halogens is 1. The minimum Gasteiger partial charge on any atom is -0.439 e. The lowest BCUT2D eigenvalue weighted by Crippen LogP contribution is -2.42. The zero-order valence-electron chi connectivity index (χ0n) is 17.0. The summed E-state index contributed by atoms with van der Waals surface area (Å²) < 4.78 is 5.57. The van der Waals surface area contributed by atoms with Crippen LogP contribution in [0, 0.1) is 5.92 Å². The normalized spacial score (nSPS) is 19.6. The fraction of sp³-hybridized carbons (Fsp3) is 0.333. The molecule has 152 valence electrons. The zero-order chi connectivity index (χ0) is 21.0. The Labute approximate surface area is 177 Å². The number of benzene rings is 2. The minimum absolute atomic E-state index is 0.201. The van der Waals surface area contributed by atoms with Crippen molar-refractivity contribution in [3.63, 3.8) is 0 Å². The van der Waals surface area contributed by atoms with Crippen molar-refractivity contribution >= 4 is 23.6 Å². The van der Waals surface area contributed by atoms with Gasteiger partial charge in [-0.15, -0.1) is 0 Å². The highest BCUT2D eigenvalue weighted by Gasteiger charge is 2.44. The number of cyclic esters (lactones) is 1. The standard InChI is InChI=1S/C24H26ClNO3/c1-16(2)9-12-20(15-18-10-13-21(25)14-11-18)23(27)26-17(3)22(29-24(26)28)19-7-5-4-6-8-19/h4-11,13-14,17,20,22H,12,15H2,1-3H3. The molecule has 0 saturated carbocycles. The lowest BCUT2D eigenvalue weighted by molar-refractivity contribution is -0.133. The summed E-state index contributed by atoms with van der Waals surface area (Å²) in [6.45, 7) is 5.87. The van der Waals surface area contributed by atoms with E-state index in [9.17, 15) is 9.59 Å². The van der Waals surface area contributed by atoms with Gasteiger partial charge in [0.05, 0.1) is 6.04 Å². The summed E-state index contributed by atoms with van der Waals surface area (Å²) in [6, 6.07) is 16.7. The number of ether oxygens (including phenoxy) is 1. The second-order valence-corrected chi connectivity index (χ2v) is 8.15. The first kappa shape index (κ1) is 21.1. The number of nitrogens with zero attached hydrogens (tertiary/aromatic N) is 1. The van der Waals surface area contributed by atoms with Crippen LogP contribution in [-0.4, -0.2) is 22.9 Å². The average molecular weight is 412 g/mol. The van der Waals surface area contributed by atoms with Gasteiger partial charge >= 0.3 is 6.09 Å². The van der Waals surface area contributed by atoms with E-state index >= 15 is 0 Å². The van der Waals surface area contributed by atoms with E-state index in [0.29, 0.717) is 17.9 Å². The Bertz CT molecular complexity index is 888. The SMILES string of the molecule is CC(C)=CCC(Cc1ccc(Cl)cc1)C(=O)N1C(=O)OC(c2ccccc2)C1C. The Kier molecular flexibility index (Phi) is 6.75. The summed E-state index contributed by atoms with van der Waals surface area (Å²) >= 11 is 5.98. The maximum Gasteiger partial charge on any atom is 0.417 e. The number of hydrogen-bond donors (Lipinski definition) is 0. The predicted molar refractivity (Wildman–Crippen MR) is 115 cm³/mol. The molecule has 0 N–H and O–H groups in total. The Morgan fingerprint density at radius 2 is 1.79 bits per heavy atom. The Balaban J connectivity index is 1.83. The Hall–Kier alpha value is -2.59. The smallest absolute Gasteiger partial charge is 0.417 e. The Morgan fingerprint density at radius 1 is 1.14 bits per heavy atom. The first-order chi connectivity index (χ1) is 13.9. The number of amides is 2. The molecule has 1 fully saturated rings. The van der Waals surface area contributed by atoms with Crippen LogP contribution in [0.1, 0.15) is 44.4 Å². The molecule has 3 atom stereocenters. The van der Waals surface area contributed by atoms with Crippen molar-refractivity contribution in [1.82, 2.24) is 4.90 Å². The first-order valence-corrected chi connectivity index (χ1v) is 10.2. The predicted octanol–water partition coefficient (Wildman–Crippen LogP) is 5.96. The van der Waals surface area contributed by atoms with E-state index in [1.807, 2.05) is 81.4 Å². The molecule has 0 spiro atoms. The fourth-order valence-corrected chi connectivity index (χ4v) is 3.72. The molecule has 29 heavy (non-hydrogen) atoms. The van der Waals surface area contributed by atoms with Crippen LogP contribution in [0.4, 0.5) is 4.79 Å². The van der Waals surface area contributed by atoms with Gasteiger partial charge in [0.1, 0.15) is 6.10 Å². The summed E-state index contributed by atoms with van der Waals surface area (Å²) in [5.41, 5.74) is 3.04. The van der Waals surface area contributed by atoms with Crippen LogP contribution in [0.2, 0.25) is 5.02 Å². The van der Waals surface area contributed by atoms with E-state index in [-0.39, 0.29) is 17.9 Å². The van der Waals surface area contributed by atoms with Crippen LogP contribution in [0.5, 0.6) is 0 Å². The molecule has 1 heterocycles. The summed E-state index contributed by atoms with van der Waals surface area (Å²) in [6.07, 6.45) is 2.11. The van der Waals surface area contributed by atoms with Crippen molar-refractivity contribution in [3.8, 4) is 0 Å². The maximum absolute atomic E-state index is 13.4. The minimum atomic E-state index is -0.574. The summed E-state index contributed by atoms with van der Waals surface area (Å²) in [7, 11) is 0. The highest BCUT2D eigenvalue weighted by Crippen LogP contribution is 2.34. The van der Waals surface area contributed by atoms with Crippen LogP contribution in [-0.2, 0) is 16.0 Å². The van der Waals surface area contributed by atoms with Crippen molar-refractivity contribution in [1.29, 1.82) is 0 Å². The van der Waals surface area contributed by atoms with Gasteiger partial charge in [0.2, 0.25) is 5.91 Å². The largest absolute Gasteiger partial charge is 0.439 e. The molecule has 0 aliphatic carbocycles. The van der Waals surface area contributed by atoms with Crippen molar-refractivity contribution < 1.29 is 14.3 Å². The monoisotopic (exact) mass is 411 g/mol. The number of rotatable bonds is 6. The van der Waals surface area contributed by atoms with Gasteiger partial charge in [0.25, 0.3) is 0 Å². The second-order valence-electron chi connectivity index (χ2n) is 7.71. The molecule has 1 aliphatic heterocycles. The molecule has 2 aromatic rings. The van der Waals surface area contributed by atoms with Crippen LogP contribution < -0.4 is 0 Å². The van der Waals surface area contributed by atoms with Gasteiger partial charge in [0, 0.05) is 10.9 Å². The maximum atomic E-state index is 13.4. The van der Waals surface area contributed by atoms with E-state index in [1.54, 1.807) is 0 Å². The molecule has 4 nitrogen and oxygen atoms in total. The molecule has 0 radical (unpaired) electrons. The number of imide groups is 1. The molecule has 2 aromatic carbocycles. The van der Waals surface area contributed by atoms with Gasteiger partial charge in [-0.2, -0.15) is 0 Å². The quantitative estimate of drug-likeness (QED) is 0.550. The van der Waals surface area contributed by atoms with Crippen molar-refractivity contribution in [2.24, 2.45) is 5.92 Å². The molecular formula is C24H26ClNO3. The van der Waals surface area contributed by atoms with Gasteiger partial charge in [-0.1, -0.05) is 65.7 Å². The van der Waals surface area contributed by atoms with Gasteiger partial charge < -0.3 is 4.74 Å². The summed E-state index contributed by atoms with van der Waals surface area (Å²) in [5, 5.41) is 0.656. The van der Waals surface area contributed by atoms with Gasteiger partial charge in [-0.3, -0.25) is 4.79 Å². The Morgan fingerprint density at radius 3 is 2.41 bits per heavy atom. The summed E-state index contributed by atoms with van der Waals surface area (Å²) in [4.78, 5) is 27.3. The third kappa shape index (κ3) is 5.07. The van der Waals surface area contributed by atoms with Gasteiger partial charge in [-0.05, 0) is 56.9 Å². The first-order valence-electron chi connectivity index (χ1n) is 9.83. The van der Waals surface area contributed by atoms with E-state index in [2.05, 4.69) is 0 Å². The highest BCUT2D eigenvalue weighted by molar-refractivity contribution is 6.30. The van der Waals surface area contributed by atoms with E-state index < -0.39 is 12.2 Å². The van der Waals surface area contributed by atoms with Crippen LogP contribution in [0.3, 0.4) is 0 Å². The van der Waals surface area contributed by atoms with E-state index in [1.165, 1.54) is 4.90 Å². The van der Waals surface area contributed by atoms with Crippen molar-refractivity contribution in [2.45, 2.75) is 45.8 Å². The number of allylic oxidation sites excluding steroid dienone is 2. The molecular weight excluding hydrogens is 386 g/mol. The molecule has 3 unspecified atom stereocenters. The molecule has 3 rings (SSSR count). The van der Waals surface area contributed by atoms with Crippen LogP contribution in [0.15, 0.2) is 66.2 Å². The van der Waals surface area contributed by atoms with Gasteiger partial charge in [0.15, 0.2) is 0 Å². The van der Waals surface area contributed by atoms with Crippen molar-refractivity contribution in [3.05, 3.63) is 82.4 Å². The van der Waals surface area contributed by atoms with Crippen LogP contribution in [0.25, 0.3) is 0 Å².